The van der Waals surface area contributed by atoms with Crippen LogP contribution < -0.4 is 20.9 Å². The quantitative estimate of drug-likeness (QED) is 0.375. The number of rotatable bonds is 8. The van der Waals surface area contributed by atoms with Gasteiger partial charge in [0.15, 0.2) is 0 Å². The van der Waals surface area contributed by atoms with Gasteiger partial charge < -0.3 is 5.73 Å². The Kier molecular flexibility index (Phi) is 11.2. The lowest BCUT2D eigenvalue weighted by Crippen LogP contribution is -2.30. The van der Waals surface area contributed by atoms with Gasteiger partial charge in [-0.3, -0.25) is 34.1 Å². The molecule has 0 bridgehead atoms. The largest absolute Gasteiger partial charge is 0.326 e. The molecule has 10 nitrogen and oxygen atoms in total. The van der Waals surface area contributed by atoms with Gasteiger partial charge >= 0.3 is 0 Å². The zero-order chi connectivity index (χ0) is 29.8. The van der Waals surface area contributed by atoms with Crippen LogP contribution in [0.25, 0.3) is 0 Å². The van der Waals surface area contributed by atoms with E-state index in [0.29, 0.717) is 23.5 Å². The van der Waals surface area contributed by atoms with Gasteiger partial charge in [-0.1, -0.05) is 62.6 Å². The van der Waals surface area contributed by atoms with Crippen LogP contribution in [0.5, 0.6) is 0 Å². The first kappa shape index (κ1) is 30.6. The molecule has 0 radical (unpaired) electrons. The fraction of sp³-hybridized carbons (Fsp3) is 0.226. The zero-order valence-electron chi connectivity index (χ0n) is 22.7. The Balaban J connectivity index is 0.000000170. The fourth-order valence-corrected chi connectivity index (χ4v) is 4.15. The number of anilines is 2. The third-order valence-corrected chi connectivity index (χ3v) is 6.22. The molecule has 212 valence electrons. The van der Waals surface area contributed by atoms with Crippen molar-refractivity contribution in [2.45, 2.75) is 45.6 Å². The number of amides is 6. The van der Waals surface area contributed by atoms with Crippen LogP contribution in [0.15, 0.2) is 90.6 Å². The number of carbonyl (C=O) groups excluding carboxylic acids is 6. The minimum atomic E-state index is -0.319. The third-order valence-electron chi connectivity index (χ3n) is 6.22. The number of nitrogens with two attached hydrogens (primary N) is 1. The van der Waals surface area contributed by atoms with Crippen molar-refractivity contribution in [1.82, 2.24) is 5.32 Å². The van der Waals surface area contributed by atoms with Crippen LogP contribution in [-0.2, 0) is 35.3 Å². The molecule has 0 spiro atoms. The Bertz CT molecular complexity index is 1370. The molecule has 3 heterocycles. The lowest BCUT2D eigenvalue weighted by Gasteiger charge is -2.16. The molecule has 0 fully saturated rings. The Morgan fingerprint density at radius 1 is 0.683 bits per heavy atom. The van der Waals surface area contributed by atoms with Gasteiger partial charge in [0.25, 0.3) is 35.4 Å². The van der Waals surface area contributed by atoms with Crippen molar-refractivity contribution in [1.29, 1.82) is 0 Å². The summed E-state index contributed by atoms with van der Waals surface area (Å²) in [6.07, 6.45) is 11.7. The van der Waals surface area contributed by atoms with Crippen LogP contribution in [0.2, 0.25) is 0 Å². The number of hydrogen-bond donors (Lipinski definition) is 2. The third kappa shape index (κ3) is 8.26. The van der Waals surface area contributed by atoms with Crippen molar-refractivity contribution in [3.8, 4) is 0 Å². The topological polar surface area (TPSA) is 147 Å². The average Bonchev–Trinajstić information content (AvgIpc) is 3.61. The summed E-state index contributed by atoms with van der Waals surface area (Å²) in [6.45, 7) is 2.44. The van der Waals surface area contributed by atoms with Crippen molar-refractivity contribution in [3.05, 3.63) is 96.1 Å². The monoisotopic (exact) mass is 556 g/mol. The number of para-hydroxylation sites is 2. The molecule has 0 aliphatic carbocycles. The molecule has 0 aromatic heterocycles. The summed E-state index contributed by atoms with van der Waals surface area (Å²) < 4.78 is 0. The van der Waals surface area contributed by atoms with Gasteiger partial charge in [-0.25, -0.2) is 9.80 Å². The van der Waals surface area contributed by atoms with E-state index in [1.807, 2.05) is 12.1 Å². The Labute approximate surface area is 238 Å². The SMILES string of the molecule is CCCCCCC1=CC(=O)NC1=O.NCc1ccccc1N1C(=O)C=CC1=O.O=C1C=CC(=O)N1c1ccccc1. The number of nitrogens with one attached hydrogen (secondary N) is 1. The molecule has 0 atom stereocenters. The summed E-state index contributed by atoms with van der Waals surface area (Å²) in [5.74, 6) is -1.67. The molecule has 10 heteroatoms. The van der Waals surface area contributed by atoms with Crippen molar-refractivity contribution in [3.63, 3.8) is 0 Å². The van der Waals surface area contributed by atoms with Crippen molar-refractivity contribution < 1.29 is 28.8 Å². The summed E-state index contributed by atoms with van der Waals surface area (Å²) >= 11 is 0. The van der Waals surface area contributed by atoms with E-state index in [1.54, 1.807) is 42.5 Å². The molecule has 2 aromatic carbocycles. The first-order chi connectivity index (χ1) is 19.8. The van der Waals surface area contributed by atoms with Crippen LogP contribution >= 0.6 is 0 Å². The smallest absolute Gasteiger partial charge is 0.258 e. The lowest BCUT2D eigenvalue weighted by molar-refractivity contribution is -0.124. The molecule has 5 rings (SSSR count). The second-order valence-corrected chi connectivity index (χ2v) is 9.16. The Hall–Kier alpha value is -4.96. The summed E-state index contributed by atoms with van der Waals surface area (Å²) in [7, 11) is 0. The molecule has 3 N–H and O–H groups in total. The van der Waals surface area contributed by atoms with Gasteiger partial charge in [-0.2, -0.15) is 0 Å². The van der Waals surface area contributed by atoms with Crippen LogP contribution in [0.1, 0.15) is 44.6 Å². The molecule has 2 aromatic rings. The maximum Gasteiger partial charge on any atom is 0.258 e. The van der Waals surface area contributed by atoms with Gasteiger partial charge in [-0.15, -0.1) is 0 Å². The van der Waals surface area contributed by atoms with E-state index in [1.165, 1.54) is 43.2 Å². The molecular formula is C31H32N4O6. The second kappa shape index (κ2) is 15.0. The maximum absolute atomic E-state index is 11.4. The van der Waals surface area contributed by atoms with Gasteiger partial charge in [0.05, 0.1) is 11.4 Å². The highest BCUT2D eigenvalue weighted by molar-refractivity contribution is 6.29. The number of benzene rings is 2. The molecule has 41 heavy (non-hydrogen) atoms. The maximum atomic E-state index is 11.4. The molecular weight excluding hydrogens is 524 g/mol. The van der Waals surface area contributed by atoms with Crippen LogP contribution in [-0.4, -0.2) is 35.4 Å². The van der Waals surface area contributed by atoms with Crippen LogP contribution in [0.3, 0.4) is 0 Å². The van der Waals surface area contributed by atoms with E-state index in [4.69, 9.17) is 5.73 Å². The van der Waals surface area contributed by atoms with Crippen molar-refractivity contribution in [2.24, 2.45) is 5.73 Å². The highest BCUT2D eigenvalue weighted by Crippen LogP contribution is 2.23. The molecule has 0 saturated heterocycles. The molecule has 3 aliphatic heterocycles. The van der Waals surface area contributed by atoms with Gasteiger partial charge in [0, 0.05) is 42.5 Å². The summed E-state index contributed by atoms with van der Waals surface area (Å²) in [5.41, 5.74) is 8.14. The summed E-state index contributed by atoms with van der Waals surface area (Å²) in [6, 6.07) is 16.0. The van der Waals surface area contributed by atoms with Crippen LogP contribution in [0, 0.1) is 0 Å². The number of hydrogen-bond acceptors (Lipinski definition) is 7. The van der Waals surface area contributed by atoms with Crippen molar-refractivity contribution >= 4 is 46.8 Å². The highest BCUT2D eigenvalue weighted by Gasteiger charge is 2.26. The number of nitrogens with zero attached hydrogens (tertiary/aromatic N) is 2. The first-order valence-electron chi connectivity index (χ1n) is 13.3. The second-order valence-electron chi connectivity index (χ2n) is 9.16. The van der Waals surface area contributed by atoms with Gasteiger partial charge in [-0.05, 0) is 36.6 Å². The summed E-state index contributed by atoms with van der Waals surface area (Å²) in [5, 5.41) is 2.24. The Morgan fingerprint density at radius 2 is 1.24 bits per heavy atom. The average molecular weight is 557 g/mol. The van der Waals surface area contributed by atoms with Gasteiger partial charge in [0.1, 0.15) is 0 Å². The fourth-order valence-electron chi connectivity index (χ4n) is 4.15. The van der Waals surface area contributed by atoms with E-state index >= 15 is 0 Å². The number of unbranched alkanes of at least 4 members (excludes halogenated alkanes) is 3. The number of carbonyl (C=O) groups is 6. The van der Waals surface area contributed by atoms with E-state index in [9.17, 15) is 28.8 Å². The van der Waals surface area contributed by atoms with Gasteiger partial charge in [0.2, 0.25) is 0 Å². The van der Waals surface area contributed by atoms with Crippen LogP contribution in [0.4, 0.5) is 11.4 Å². The number of imide groups is 3. The van der Waals surface area contributed by atoms with E-state index in [0.717, 1.165) is 34.6 Å². The minimum Gasteiger partial charge on any atom is -0.326 e. The lowest BCUT2D eigenvalue weighted by atomic mass is 10.1. The first-order valence-corrected chi connectivity index (χ1v) is 13.3. The highest BCUT2D eigenvalue weighted by atomic mass is 16.2. The zero-order valence-corrected chi connectivity index (χ0v) is 22.7. The van der Waals surface area contributed by atoms with E-state index in [-0.39, 0.29) is 35.4 Å². The predicted molar refractivity (Wildman–Crippen MR) is 154 cm³/mol. The molecule has 0 saturated carbocycles. The molecule has 3 aliphatic rings. The van der Waals surface area contributed by atoms with Crippen molar-refractivity contribution in [2.75, 3.05) is 9.80 Å². The normalized spacial score (nSPS) is 15.5. The molecule has 6 amide bonds. The predicted octanol–water partition coefficient (Wildman–Crippen LogP) is 3.23. The standard InChI is InChI=1S/C11H10N2O2.C10H7NO2.C10H15NO2/c12-7-8-3-1-2-4-9(8)13-10(14)5-6-11(13)15;12-9-6-7-10(13)11(9)8-4-2-1-3-5-8;1-2-3-4-5-6-8-7-9(12)11-10(8)13/h1-6H,7,12H2;1-7H;7H,2-6H2,1H3,(H,11,12,13). The minimum absolute atomic E-state index is 0.207. The summed E-state index contributed by atoms with van der Waals surface area (Å²) in [4.78, 5) is 69.3. The Morgan fingerprint density at radius 3 is 1.78 bits per heavy atom. The van der Waals surface area contributed by atoms with E-state index in [2.05, 4.69) is 12.2 Å². The van der Waals surface area contributed by atoms with E-state index < -0.39 is 0 Å². The molecule has 0 unspecified atom stereocenters.